The number of aromatic nitrogens is 1. The van der Waals surface area contributed by atoms with Crippen LogP contribution in [0, 0.1) is 5.92 Å². The fraction of sp³-hybridized carbons (Fsp3) is 0.368. The van der Waals surface area contributed by atoms with Gasteiger partial charge in [-0.3, -0.25) is 9.59 Å². The molecule has 1 aromatic carbocycles. The highest BCUT2D eigenvalue weighted by atomic mass is 16.2. The number of hydrogen-bond donors (Lipinski definition) is 0. The van der Waals surface area contributed by atoms with E-state index in [1.54, 1.807) is 0 Å². The number of carbonyl (C=O) groups is 2. The predicted molar refractivity (Wildman–Crippen MR) is 91.0 cm³/mol. The molecule has 0 unspecified atom stereocenters. The molecule has 2 heterocycles. The van der Waals surface area contributed by atoms with E-state index >= 15 is 0 Å². The highest BCUT2D eigenvalue weighted by molar-refractivity contribution is 5.94. The standard InChI is InChI=1S/C19H21N3O2/c23-18(15-3-4-15)21-11-13-22(14-12-21)19(24)16-5-7-17(8-6-16)20-9-1-2-10-20/h1-2,5-10,15H,3-4,11-14H2. The number of rotatable bonds is 3. The molecule has 2 fully saturated rings. The van der Waals surface area contributed by atoms with Gasteiger partial charge in [0.05, 0.1) is 0 Å². The second kappa shape index (κ2) is 6.15. The first kappa shape index (κ1) is 15.0. The van der Waals surface area contributed by atoms with Crippen LogP contribution >= 0.6 is 0 Å². The van der Waals surface area contributed by atoms with Crippen molar-refractivity contribution in [3.8, 4) is 5.69 Å². The van der Waals surface area contributed by atoms with E-state index in [0.717, 1.165) is 18.5 Å². The number of benzene rings is 1. The maximum Gasteiger partial charge on any atom is 0.253 e. The van der Waals surface area contributed by atoms with Crippen LogP contribution < -0.4 is 0 Å². The molecule has 4 rings (SSSR count). The molecule has 1 aromatic heterocycles. The summed E-state index contributed by atoms with van der Waals surface area (Å²) in [7, 11) is 0. The van der Waals surface area contributed by atoms with Crippen molar-refractivity contribution in [3.63, 3.8) is 0 Å². The lowest BCUT2D eigenvalue weighted by atomic mass is 10.1. The van der Waals surface area contributed by atoms with Crippen molar-refractivity contribution < 1.29 is 9.59 Å². The number of piperazine rings is 1. The number of amides is 2. The molecule has 1 saturated heterocycles. The Morgan fingerprint density at radius 3 is 2.00 bits per heavy atom. The summed E-state index contributed by atoms with van der Waals surface area (Å²) in [5.41, 5.74) is 1.74. The first-order valence-corrected chi connectivity index (χ1v) is 8.54. The monoisotopic (exact) mass is 323 g/mol. The quantitative estimate of drug-likeness (QED) is 0.869. The van der Waals surface area contributed by atoms with Crippen LogP contribution in [-0.2, 0) is 4.79 Å². The van der Waals surface area contributed by atoms with E-state index in [-0.39, 0.29) is 17.7 Å². The van der Waals surface area contributed by atoms with Crippen LogP contribution in [0.25, 0.3) is 5.69 Å². The van der Waals surface area contributed by atoms with Gasteiger partial charge in [-0.2, -0.15) is 0 Å². The van der Waals surface area contributed by atoms with Gasteiger partial charge in [-0.05, 0) is 49.2 Å². The van der Waals surface area contributed by atoms with Gasteiger partial charge in [-0.1, -0.05) is 0 Å². The van der Waals surface area contributed by atoms with Gasteiger partial charge in [-0.25, -0.2) is 0 Å². The van der Waals surface area contributed by atoms with E-state index in [9.17, 15) is 9.59 Å². The van der Waals surface area contributed by atoms with Crippen LogP contribution in [-0.4, -0.2) is 52.4 Å². The SMILES string of the molecule is O=C(c1ccc(-n2cccc2)cc1)N1CCN(C(=O)C2CC2)CC1. The van der Waals surface area contributed by atoms with Crippen molar-refractivity contribution in [1.29, 1.82) is 0 Å². The molecule has 0 atom stereocenters. The Hall–Kier alpha value is -2.56. The summed E-state index contributed by atoms with van der Waals surface area (Å²) in [6.07, 6.45) is 6.03. The minimum Gasteiger partial charge on any atom is -0.339 e. The lowest BCUT2D eigenvalue weighted by molar-refractivity contribution is -0.134. The van der Waals surface area contributed by atoms with Crippen LogP contribution in [0.3, 0.4) is 0 Å². The van der Waals surface area contributed by atoms with E-state index < -0.39 is 0 Å². The van der Waals surface area contributed by atoms with Crippen molar-refractivity contribution in [3.05, 3.63) is 54.4 Å². The third-order valence-electron chi connectivity index (χ3n) is 4.82. The lowest BCUT2D eigenvalue weighted by Crippen LogP contribution is -2.51. The molecule has 24 heavy (non-hydrogen) atoms. The third kappa shape index (κ3) is 2.94. The molecule has 1 saturated carbocycles. The first-order chi connectivity index (χ1) is 11.7. The summed E-state index contributed by atoms with van der Waals surface area (Å²) in [6, 6.07) is 11.6. The largest absolute Gasteiger partial charge is 0.339 e. The normalized spacial score (nSPS) is 17.8. The Morgan fingerprint density at radius 1 is 0.833 bits per heavy atom. The van der Waals surface area contributed by atoms with Crippen molar-refractivity contribution in [2.45, 2.75) is 12.8 Å². The van der Waals surface area contributed by atoms with E-state index in [4.69, 9.17) is 0 Å². The smallest absolute Gasteiger partial charge is 0.253 e. The average Bonchev–Trinajstić information content (AvgIpc) is 3.35. The molecule has 0 N–H and O–H groups in total. The van der Waals surface area contributed by atoms with Gasteiger partial charge in [0.15, 0.2) is 0 Å². The number of carbonyl (C=O) groups excluding carboxylic acids is 2. The second-order valence-electron chi connectivity index (χ2n) is 6.53. The predicted octanol–water partition coefficient (Wildman–Crippen LogP) is 2.17. The fourth-order valence-electron chi connectivity index (χ4n) is 3.18. The zero-order chi connectivity index (χ0) is 16.5. The number of hydrogen-bond acceptors (Lipinski definition) is 2. The van der Waals surface area contributed by atoms with Crippen LogP contribution in [0.15, 0.2) is 48.8 Å². The Bertz CT molecular complexity index is 724. The summed E-state index contributed by atoms with van der Waals surface area (Å²) in [5.74, 6) is 0.583. The Morgan fingerprint density at radius 2 is 1.42 bits per heavy atom. The van der Waals surface area contributed by atoms with E-state index in [2.05, 4.69) is 0 Å². The summed E-state index contributed by atoms with van der Waals surface area (Å²) in [4.78, 5) is 28.5. The van der Waals surface area contributed by atoms with Gasteiger partial charge in [0.25, 0.3) is 5.91 Å². The summed E-state index contributed by atoms with van der Waals surface area (Å²) in [5, 5.41) is 0. The fourth-order valence-corrected chi connectivity index (χ4v) is 3.18. The van der Waals surface area contributed by atoms with E-state index in [0.29, 0.717) is 31.7 Å². The molecule has 124 valence electrons. The zero-order valence-corrected chi connectivity index (χ0v) is 13.6. The molecule has 0 spiro atoms. The van der Waals surface area contributed by atoms with Crippen molar-refractivity contribution in [1.82, 2.24) is 14.4 Å². The highest BCUT2D eigenvalue weighted by Crippen LogP contribution is 2.31. The minimum atomic E-state index is 0.0487. The first-order valence-electron chi connectivity index (χ1n) is 8.54. The lowest BCUT2D eigenvalue weighted by Gasteiger charge is -2.35. The average molecular weight is 323 g/mol. The molecular weight excluding hydrogens is 302 g/mol. The Balaban J connectivity index is 1.38. The van der Waals surface area contributed by atoms with E-state index in [1.807, 2.05) is 63.2 Å². The van der Waals surface area contributed by atoms with Crippen LogP contribution in [0.4, 0.5) is 0 Å². The van der Waals surface area contributed by atoms with Crippen molar-refractivity contribution in [2.24, 2.45) is 5.92 Å². The maximum absolute atomic E-state index is 12.6. The summed E-state index contributed by atoms with van der Waals surface area (Å²) in [6.45, 7) is 2.55. The van der Waals surface area contributed by atoms with Crippen molar-refractivity contribution in [2.75, 3.05) is 26.2 Å². The maximum atomic E-state index is 12.6. The van der Waals surface area contributed by atoms with Crippen LogP contribution in [0.5, 0.6) is 0 Å². The molecule has 0 bridgehead atoms. The Labute approximate surface area is 141 Å². The van der Waals surface area contributed by atoms with Gasteiger partial charge in [-0.15, -0.1) is 0 Å². The minimum absolute atomic E-state index is 0.0487. The summed E-state index contributed by atoms with van der Waals surface area (Å²) < 4.78 is 2.01. The zero-order valence-electron chi connectivity index (χ0n) is 13.6. The van der Waals surface area contributed by atoms with Crippen molar-refractivity contribution >= 4 is 11.8 Å². The van der Waals surface area contributed by atoms with Crippen LogP contribution in [0.2, 0.25) is 0 Å². The summed E-state index contributed by atoms with van der Waals surface area (Å²) >= 11 is 0. The third-order valence-corrected chi connectivity index (χ3v) is 4.82. The van der Waals surface area contributed by atoms with Gasteiger partial charge in [0.2, 0.25) is 5.91 Å². The topological polar surface area (TPSA) is 45.6 Å². The molecule has 2 amide bonds. The highest BCUT2D eigenvalue weighted by Gasteiger charge is 2.35. The molecule has 1 aliphatic carbocycles. The Kier molecular flexibility index (Phi) is 3.84. The molecule has 2 aromatic rings. The van der Waals surface area contributed by atoms with Gasteiger partial charge >= 0.3 is 0 Å². The van der Waals surface area contributed by atoms with Crippen LogP contribution in [0.1, 0.15) is 23.2 Å². The second-order valence-corrected chi connectivity index (χ2v) is 6.53. The molecule has 0 radical (unpaired) electrons. The number of nitrogens with zero attached hydrogens (tertiary/aromatic N) is 3. The molecule has 5 nitrogen and oxygen atoms in total. The molecule has 2 aliphatic rings. The molecule has 5 heteroatoms. The van der Waals surface area contributed by atoms with E-state index in [1.165, 1.54) is 0 Å². The van der Waals surface area contributed by atoms with Gasteiger partial charge in [0.1, 0.15) is 0 Å². The molecule has 1 aliphatic heterocycles. The van der Waals surface area contributed by atoms with Gasteiger partial charge in [0, 0.05) is 55.7 Å². The molecular formula is C19H21N3O2. The van der Waals surface area contributed by atoms with Gasteiger partial charge < -0.3 is 14.4 Å².